The Morgan fingerprint density at radius 3 is 2.59 bits per heavy atom. The van der Waals surface area contributed by atoms with Crippen LogP contribution in [0.4, 0.5) is 10.5 Å². The molecule has 27 heavy (non-hydrogen) atoms. The second-order valence-electron chi connectivity index (χ2n) is 8.00. The van der Waals surface area contributed by atoms with Gasteiger partial charge in [0.25, 0.3) is 0 Å². The van der Waals surface area contributed by atoms with Crippen molar-refractivity contribution in [3.63, 3.8) is 0 Å². The molecule has 0 aromatic heterocycles. The molecule has 1 amide bonds. The van der Waals surface area contributed by atoms with Gasteiger partial charge in [0.15, 0.2) is 0 Å². The highest BCUT2D eigenvalue weighted by Crippen LogP contribution is 2.46. The Bertz CT molecular complexity index is 828. The lowest BCUT2D eigenvalue weighted by Gasteiger charge is -2.25. The van der Waals surface area contributed by atoms with Gasteiger partial charge in [-0.3, -0.25) is 4.90 Å². The molecule has 0 bridgehead atoms. The first kappa shape index (κ1) is 20.0. The van der Waals surface area contributed by atoms with E-state index in [9.17, 15) is 4.79 Å². The van der Waals surface area contributed by atoms with E-state index in [1.165, 1.54) is 5.56 Å². The van der Waals surface area contributed by atoms with Crippen LogP contribution in [0, 0.1) is 0 Å². The van der Waals surface area contributed by atoms with Crippen molar-refractivity contribution in [2.24, 2.45) is 0 Å². The standard InChI is InChI=1S/C22H28BrNO3/c1-5-6-11-26-19-12-18-20(17-10-8-7-9-16(17)19)15(13-23)14-24(18)21(25)27-22(2,3)4/h7-10,12,15H,5-6,11,13-14H2,1-4H3/t15-/m1/s1. The van der Waals surface area contributed by atoms with Crippen LogP contribution in [0.25, 0.3) is 10.8 Å². The zero-order valence-corrected chi connectivity index (χ0v) is 18.1. The first-order valence-electron chi connectivity index (χ1n) is 9.60. The number of rotatable bonds is 5. The predicted octanol–water partition coefficient (Wildman–Crippen LogP) is 6.25. The third kappa shape index (κ3) is 4.23. The molecule has 0 radical (unpaired) electrons. The van der Waals surface area contributed by atoms with Gasteiger partial charge in [-0.1, -0.05) is 53.5 Å². The Balaban J connectivity index is 2.08. The number of hydrogen-bond donors (Lipinski definition) is 0. The average molecular weight is 434 g/mol. The van der Waals surface area contributed by atoms with Crippen LogP contribution < -0.4 is 9.64 Å². The first-order chi connectivity index (χ1) is 12.9. The molecule has 1 aliphatic rings. The van der Waals surface area contributed by atoms with Crippen LogP contribution in [0.5, 0.6) is 5.75 Å². The Morgan fingerprint density at radius 2 is 1.96 bits per heavy atom. The number of carbonyl (C=O) groups excluding carboxylic acids is 1. The second kappa shape index (κ2) is 8.09. The van der Waals surface area contributed by atoms with Crippen molar-refractivity contribution in [2.45, 2.75) is 52.1 Å². The molecular weight excluding hydrogens is 406 g/mol. The molecule has 5 heteroatoms. The maximum absolute atomic E-state index is 12.8. The normalized spacial score (nSPS) is 16.5. The molecule has 1 aliphatic heterocycles. The largest absolute Gasteiger partial charge is 0.493 e. The van der Waals surface area contributed by atoms with Crippen molar-refractivity contribution in [3.05, 3.63) is 35.9 Å². The summed E-state index contributed by atoms with van der Waals surface area (Å²) in [7, 11) is 0. The van der Waals surface area contributed by atoms with Crippen LogP contribution in [-0.4, -0.2) is 30.2 Å². The average Bonchev–Trinajstić information content (AvgIpc) is 2.99. The summed E-state index contributed by atoms with van der Waals surface area (Å²) in [5.41, 5.74) is 1.57. The summed E-state index contributed by atoms with van der Waals surface area (Å²) >= 11 is 3.63. The first-order valence-corrected chi connectivity index (χ1v) is 10.7. The van der Waals surface area contributed by atoms with Gasteiger partial charge in [-0.15, -0.1) is 0 Å². The predicted molar refractivity (Wildman–Crippen MR) is 114 cm³/mol. The number of hydrogen-bond acceptors (Lipinski definition) is 3. The summed E-state index contributed by atoms with van der Waals surface area (Å²) in [5, 5.41) is 3.04. The third-order valence-corrected chi connectivity index (χ3v) is 5.47. The molecular formula is C22H28BrNO3. The van der Waals surface area contributed by atoms with Crippen LogP contribution in [0.3, 0.4) is 0 Å². The Labute approximate surface area is 170 Å². The summed E-state index contributed by atoms with van der Waals surface area (Å²) in [6, 6.07) is 10.3. The van der Waals surface area contributed by atoms with Crippen molar-refractivity contribution in [3.8, 4) is 5.75 Å². The molecule has 0 aliphatic carbocycles. The van der Waals surface area contributed by atoms with E-state index in [0.29, 0.717) is 13.2 Å². The monoisotopic (exact) mass is 433 g/mol. The number of benzene rings is 2. The van der Waals surface area contributed by atoms with E-state index in [2.05, 4.69) is 35.0 Å². The van der Waals surface area contributed by atoms with Crippen LogP contribution in [-0.2, 0) is 4.74 Å². The summed E-state index contributed by atoms with van der Waals surface area (Å²) in [6.07, 6.45) is 1.78. The number of fused-ring (bicyclic) bond motifs is 3. The molecule has 0 unspecified atom stereocenters. The van der Waals surface area contributed by atoms with Gasteiger partial charge < -0.3 is 9.47 Å². The van der Waals surface area contributed by atoms with E-state index in [4.69, 9.17) is 9.47 Å². The summed E-state index contributed by atoms with van der Waals surface area (Å²) < 4.78 is 11.7. The fourth-order valence-corrected chi connectivity index (χ4v) is 4.00. The van der Waals surface area contributed by atoms with E-state index in [1.54, 1.807) is 4.90 Å². The molecule has 2 aromatic carbocycles. The maximum atomic E-state index is 12.8. The molecule has 2 aromatic rings. The highest BCUT2D eigenvalue weighted by Gasteiger charge is 2.36. The molecule has 1 atom stereocenters. The van der Waals surface area contributed by atoms with Gasteiger partial charge >= 0.3 is 6.09 Å². The Kier molecular flexibility index (Phi) is 5.99. The van der Waals surface area contributed by atoms with Crippen LogP contribution >= 0.6 is 15.9 Å². The maximum Gasteiger partial charge on any atom is 0.414 e. The molecule has 0 fully saturated rings. The number of amides is 1. The highest BCUT2D eigenvalue weighted by molar-refractivity contribution is 9.09. The lowest BCUT2D eigenvalue weighted by atomic mass is 9.95. The van der Waals surface area contributed by atoms with Crippen molar-refractivity contribution in [1.29, 1.82) is 0 Å². The van der Waals surface area contributed by atoms with Crippen molar-refractivity contribution in [1.82, 2.24) is 0 Å². The molecule has 0 spiro atoms. The summed E-state index contributed by atoms with van der Waals surface area (Å²) in [4.78, 5) is 14.6. The Hall–Kier alpha value is -1.75. The van der Waals surface area contributed by atoms with Crippen molar-refractivity contribution >= 4 is 38.5 Å². The number of alkyl halides is 1. The minimum atomic E-state index is -0.527. The van der Waals surface area contributed by atoms with E-state index in [1.807, 2.05) is 39.0 Å². The topological polar surface area (TPSA) is 38.8 Å². The number of carbonyl (C=O) groups is 1. The van der Waals surface area contributed by atoms with Crippen molar-refractivity contribution < 1.29 is 14.3 Å². The van der Waals surface area contributed by atoms with Gasteiger partial charge in [-0.05, 0) is 38.1 Å². The zero-order chi connectivity index (χ0) is 19.6. The minimum Gasteiger partial charge on any atom is -0.493 e. The summed E-state index contributed by atoms with van der Waals surface area (Å²) in [6.45, 7) is 9.11. The number of nitrogens with zero attached hydrogens (tertiary/aromatic N) is 1. The number of ether oxygens (including phenoxy) is 2. The number of anilines is 1. The SMILES string of the molecule is CCCCOc1cc2c(c3ccccc13)[C@H](CBr)CN2C(=O)OC(C)(C)C. The van der Waals surface area contributed by atoms with E-state index in [-0.39, 0.29) is 12.0 Å². The van der Waals surface area contributed by atoms with Gasteiger partial charge in [0.1, 0.15) is 11.4 Å². The molecule has 146 valence electrons. The highest BCUT2D eigenvalue weighted by atomic mass is 79.9. The van der Waals surface area contributed by atoms with Gasteiger partial charge in [-0.25, -0.2) is 4.79 Å². The van der Waals surface area contributed by atoms with Crippen LogP contribution in [0.1, 0.15) is 52.0 Å². The molecule has 0 saturated carbocycles. The minimum absolute atomic E-state index is 0.224. The zero-order valence-electron chi connectivity index (χ0n) is 16.5. The molecule has 0 N–H and O–H groups in total. The molecule has 0 saturated heterocycles. The van der Waals surface area contributed by atoms with E-state index in [0.717, 1.165) is 40.4 Å². The van der Waals surface area contributed by atoms with Crippen molar-refractivity contribution in [2.75, 3.05) is 23.4 Å². The summed E-state index contributed by atoms with van der Waals surface area (Å²) in [5.74, 6) is 1.06. The lowest BCUT2D eigenvalue weighted by Crippen LogP contribution is -2.36. The lowest BCUT2D eigenvalue weighted by molar-refractivity contribution is 0.0582. The quantitative estimate of drug-likeness (QED) is 0.412. The van der Waals surface area contributed by atoms with E-state index >= 15 is 0 Å². The van der Waals surface area contributed by atoms with Gasteiger partial charge in [0, 0.05) is 29.2 Å². The molecule has 1 heterocycles. The van der Waals surface area contributed by atoms with E-state index < -0.39 is 5.60 Å². The van der Waals surface area contributed by atoms with Gasteiger partial charge in [0.05, 0.1) is 12.3 Å². The molecule has 3 rings (SSSR count). The third-order valence-electron chi connectivity index (χ3n) is 4.68. The van der Waals surface area contributed by atoms with Gasteiger partial charge in [-0.2, -0.15) is 0 Å². The van der Waals surface area contributed by atoms with Crippen LogP contribution in [0.2, 0.25) is 0 Å². The Morgan fingerprint density at radius 1 is 1.26 bits per heavy atom. The smallest absolute Gasteiger partial charge is 0.414 e. The fraction of sp³-hybridized carbons (Fsp3) is 0.500. The molecule has 4 nitrogen and oxygen atoms in total. The van der Waals surface area contributed by atoms with Crippen LogP contribution in [0.15, 0.2) is 30.3 Å². The number of halogens is 1. The number of unbranched alkanes of at least 4 members (excludes halogenated alkanes) is 1. The van der Waals surface area contributed by atoms with Gasteiger partial charge in [0.2, 0.25) is 0 Å². The second-order valence-corrected chi connectivity index (χ2v) is 8.64. The fourth-order valence-electron chi connectivity index (χ4n) is 3.47.